The Kier molecular flexibility index (Phi) is 6.87. The summed E-state index contributed by atoms with van der Waals surface area (Å²) in [4.78, 5) is 38.6. The van der Waals surface area contributed by atoms with Gasteiger partial charge in [-0.05, 0) is 30.0 Å². The maximum absolute atomic E-state index is 12.0. The Morgan fingerprint density at radius 2 is 1.89 bits per heavy atom. The van der Waals surface area contributed by atoms with Crippen LogP contribution in [0.1, 0.15) is 23.6 Å². The number of nitrogens with one attached hydrogen (secondary N) is 1. The minimum absolute atomic E-state index is 0.00527. The lowest BCUT2D eigenvalue weighted by atomic mass is 9.97. The van der Waals surface area contributed by atoms with Gasteiger partial charge in [0.25, 0.3) is 5.69 Å². The molecule has 0 saturated heterocycles. The van der Waals surface area contributed by atoms with Crippen LogP contribution in [0.4, 0.5) is 10.5 Å². The zero-order valence-electron chi connectivity index (χ0n) is 15.0. The van der Waals surface area contributed by atoms with Crippen LogP contribution in [0.5, 0.6) is 0 Å². The van der Waals surface area contributed by atoms with Crippen molar-refractivity contribution in [1.82, 2.24) is 5.48 Å². The van der Waals surface area contributed by atoms with Gasteiger partial charge in [0.2, 0.25) is 0 Å². The van der Waals surface area contributed by atoms with E-state index in [1.165, 1.54) is 12.1 Å². The van der Waals surface area contributed by atoms with Crippen LogP contribution in [-0.2, 0) is 27.4 Å². The molecule has 1 atom stereocenters. The monoisotopic (exact) mass is 372 g/mol. The average Bonchev–Trinajstić information content (AvgIpc) is 2.66. The number of hydrogen-bond donors (Lipinski definition) is 1. The lowest BCUT2D eigenvalue weighted by Crippen LogP contribution is -2.30. The van der Waals surface area contributed by atoms with E-state index in [-0.39, 0.29) is 12.3 Å². The molecule has 1 amide bonds. The summed E-state index contributed by atoms with van der Waals surface area (Å²) in [5, 5.41) is 10.8. The second kappa shape index (κ2) is 9.33. The number of nitro benzene ring substituents is 1. The fourth-order valence-corrected chi connectivity index (χ4v) is 2.38. The molecule has 0 radical (unpaired) electrons. The Balaban J connectivity index is 1.79. The van der Waals surface area contributed by atoms with E-state index in [9.17, 15) is 19.7 Å². The minimum atomic E-state index is -0.870. The quantitative estimate of drug-likeness (QED) is 0.614. The lowest BCUT2D eigenvalue weighted by molar-refractivity contribution is -0.384. The number of non-ortho nitro benzene ring substituents is 1. The summed E-state index contributed by atoms with van der Waals surface area (Å²) in [5.74, 6) is -1.19. The lowest BCUT2D eigenvalue weighted by Gasteiger charge is -2.13. The Labute approximate surface area is 156 Å². The predicted molar refractivity (Wildman–Crippen MR) is 96.6 cm³/mol. The molecule has 0 fully saturated rings. The Bertz CT molecular complexity index is 822. The van der Waals surface area contributed by atoms with Crippen LogP contribution in [0.25, 0.3) is 0 Å². The van der Waals surface area contributed by atoms with Crippen LogP contribution in [0.2, 0.25) is 0 Å². The third-order valence-electron chi connectivity index (χ3n) is 3.91. The molecule has 0 spiro atoms. The molecule has 0 aliphatic rings. The highest BCUT2D eigenvalue weighted by Crippen LogP contribution is 2.20. The fourth-order valence-electron chi connectivity index (χ4n) is 2.38. The van der Waals surface area contributed by atoms with Crippen molar-refractivity contribution in [2.45, 2.75) is 26.9 Å². The molecule has 0 aromatic heterocycles. The smallest absolute Gasteiger partial charge is 0.441 e. The molecule has 2 rings (SSSR count). The van der Waals surface area contributed by atoms with Gasteiger partial charge in [0.05, 0.1) is 10.8 Å². The first kappa shape index (κ1) is 19.9. The first-order valence-corrected chi connectivity index (χ1v) is 8.28. The van der Waals surface area contributed by atoms with Crippen LogP contribution in [0.3, 0.4) is 0 Å². The number of rotatable bonds is 6. The molecule has 2 aromatic rings. The first-order chi connectivity index (χ1) is 12.9. The average molecular weight is 372 g/mol. The molecule has 1 N–H and O–H groups in total. The highest BCUT2D eigenvalue weighted by atomic mass is 16.7. The molecule has 142 valence electrons. The van der Waals surface area contributed by atoms with Gasteiger partial charge in [-0.15, -0.1) is 5.48 Å². The molecular formula is C19H20N2O6. The van der Waals surface area contributed by atoms with Crippen molar-refractivity contribution in [1.29, 1.82) is 0 Å². The number of amides is 1. The number of carbonyl (C=O) groups is 2. The van der Waals surface area contributed by atoms with Crippen molar-refractivity contribution < 1.29 is 24.1 Å². The van der Waals surface area contributed by atoms with Gasteiger partial charge in [0, 0.05) is 12.1 Å². The SMILES string of the molecule is Cc1cc([N+](=O)[O-])ccc1CC(C)C(=O)ONC(=O)OCc1ccccc1. The molecule has 0 heterocycles. The zero-order chi connectivity index (χ0) is 19.8. The van der Waals surface area contributed by atoms with Crippen LogP contribution >= 0.6 is 0 Å². The molecule has 0 aliphatic carbocycles. The largest absolute Gasteiger partial charge is 0.443 e. The van der Waals surface area contributed by atoms with E-state index in [1.54, 1.807) is 32.0 Å². The van der Waals surface area contributed by atoms with Gasteiger partial charge in [0.1, 0.15) is 6.61 Å². The highest BCUT2D eigenvalue weighted by molar-refractivity contribution is 5.75. The fraction of sp³-hybridized carbons (Fsp3) is 0.263. The molecule has 0 saturated carbocycles. The van der Waals surface area contributed by atoms with Gasteiger partial charge in [-0.25, -0.2) is 9.59 Å². The number of hydroxylamine groups is 1. The van der Waals surface area contributed by atoms with E-state index < -0.39 is 22.9 Å². The van der Waals surface area contributed by atoms with Crippen LogP contribution in [0.15, 0.2) is 48.5 Å². The van der Waals surface area contributed by atoms with Crippen molar-refractivity contribution in [2.24, 2.45) is 5.92 Å². The predicted octanol–water partition coefficient (Wildman–Crippen LogP) is 3.47. The topological polar surface area (TPSA) is 108 Å². The van der Waals surface area contributed by atoms with Crippen molar-refractivity contribution in [3.05, 3.63) is 75.3 Å². The highest BCUT2D eigenvalue weighted by Gasteiger charge is 2.19. The van der Waals surface area contributed by atoms with Gasteiger partial charge >= 0.3 is 12.1 Å². The van der Waals surface area contributed by atoms with Crippen molar-refractivity contribution in [2.75, 3.05) is 0 Å². The van der Waals surface area contributed by atoms with E-state index >= 15 is 0 Å². The van der Waals surface area contributed by atoms with Crippen LogP contribution < -0.4 is 5.48 Å². The molecule has 27 heavy (non-hydrogen) atoms. The van der Waals surface area contributed by atoms with E-state index in [0.29, 0.717) is 12.0 Å². The maximum Gasteiger partial charge on any atom is 0.441 e. The number of aryl methyl sites for hydroxylation is 1. The minimum Gasteiger partial charge on any atom is -0.443 e. The number of hydrogen-bond acceptors (Lipinski definition) is 6. The Hall–Kier alpha value is -3.42. The van der Waals surface area contributed by atoms with Crippen LogP contribution in [-0.4, -0.2) is 17.0 Å². The number of carbonyl (C=O) groups excluding carboxylic acids is 2. The summed E-state index contributed by atoms with van der Waals surface area (Å²) in [7, 11) is 0. The van der Waals surface area contributed by atoms with Gasteiger partial charge in [-0.3, -0.25) is 10.1 Å². The zero-order valence-corrected chi connectivity index (χ0v) is 15.0. The standard InChI is InChI=1S/C19H20N2O6/c1-13-11-17(21(24)25)9-8-16(13)10-14(2)18(22)27-20-19(23)26-12-15-6-4-3-5-7-15/h3-9,11,14H,10,12H2,1-2H3,(H,20,23). The Morgan fingerprint density at radius 3 is 2.52 bits per heavy atom. The molecule has 0 aliphatic heterocycles. The van der Waals surface area contributed by atoms with Gasteiger partial charge in [-0.2, -0.15) is 0 Å². The number of nitrogens with zero attached hydrogens (tertiary/aromatic N) is 1. The molecule has 8 nitrogen and oxygen atoms in total. The van der Waals surface area contributed by atoms with E-state index in [2.05, 4.69) is 0 Å². The number of nitro groups is 1. The summed E-state index contributed by atoms with van der Waals surface area (Å²) in [5.41, 5.74) is 4.26. The second-order valence-corrected chi connectivity index (χ2v) is 6.06. The van der Waals surface area contributed by atoms with E-state index in [0.717, 1.165) is 11.1 Å². The molecule has 2 aromatic carbocycles. The van der Waals surface area contributed by atoms with Gasteiger partial charge < -0.3 is 9.57 Å². The Morgan fingerprint density at radius 1 is 1.19 bits per heavy atom. The normalized spacial score (nSPS) is 11.3. The van der Waals surface area contributed by atoms with E-state index in [4.69, 9.17) is 9.57 Å². The summed E-state index contributed by atoms with van der Waals surface area (Å²) >= 11 is 0. The summed E-state index contributed by atoms with van der Waals surface area (Å²) < 4.78 is 4.94. The van der Waals surface area contributed by atoms with Crippen molar-refractivity contribution in [3.8, 4) is 0 Å². The van der Waals surface area contributed by atoms with Crippen molar-refractivity contribution >= 4 is 17.7 Å². The number of benzene rings is 2. The third kappa shape index (κ3) is 6.10. The van der Waals surface area contributed by atoms with Crippen molar-refractivity contribution in [3.63, 3.8) is 0 Å². The van der Waals surface area contributed by atoms with Gasteiger partial charge in [-0.1, -0.05) is 43.3 Å². The summed E-state index contributed by atoms with van der Waals surface area (Å²) in [6.07, 6.45) is -0.547. The van der Waals surface area contributed by atoms with E-state index in [1.807, 2.05) is 23.7 Å². The summed E-state index contributed by atoms with van der Waals surface area (Å²) in [6.45, 7) is 3.43. The molecular weight excluding hydrogens is 352 g/mol. The maximum atomic E-state index is 12.0. The molecule has 0 bridgehead atoms. The van der Waals surface area contributed by atoms with Crippen LogP contribution in [0, 0.1) is 23.0 Å². The van der Waals surface area contributed by atoms with Gasteiger partial charge in [0.15, 0.2) is 0 Å². The molecule has 8 heteroatoms. The number of ether oxygens (including phenoxy) is 1. The second-order valence-electron chi connectivity index (χ2n) is 6.06. The molecule has 1 unspecified atom stereocenters. The first-order valence-electron chi connectivity index (χ1n) is 8.28. The summed E-state index contributed by atoms with van der Waals surface area (Å²) in [6, 6.07) is 13.5. The third-order valence-corrected chi connectivity index (χ3v) is 3.91.